The molecule has 138 valence electrons. The summed E-state index contributed by atoms with van der Waals surface area (Å²) in [5, 5.41) is 4.86. The lowest BCUT2D eigenvalue weighted by Gasteiger charge is -2.28. The van der Waals surface area contributed by atoms with Gasteiger partial charge in [0.2, 0.25) is 6.41 Å². The predicted octanol–water partition coefficient (Wildman–Crippen LogP) is 2.90. The van der Waals surface area contributed by atoms with Crippen molar-refractivity contribution in [2.24, 2.45) is 0 Å². The molecule has 27 heavy (non-hydrogen) atoms. The number of likely N-dealkylation sites (tertiary alicyclic amines) is 1. The fraction of sp³-hybridized carbons (Fsp3) is 0.368. The van der Waals surface area contributed by atoms with Gasteiger partial charge in [0.05, 0.1) is 29.9 Å². The first-order chi connectivity index (χ1) is 13.1. The Morgan fingerprint density at radius 3 is 3.07 bits per heavy atom. The van der Waals surface area contributed by atoms with E-state index in [2.05, 4.69) is 37.6 Å². The van der Waals surface area contributed by atoms with E-state index in [-0.39, 0.29) is 5.92 Å². The number of carbonyl (C=O) groups excluding carboxylic acids is 1. The maximum atomic E-state index is 11.2. The Balaban J connectivity index is 1.65. The molecule has 2 aliphatic rings. The molecular formula is C19H19BrN6O. The molecule has 1 amide bonds. The third-order valence-electron chi connectivity index (χ3n) is 5.49. The summed E-state index contributed by atoms with van der Waals surface area (Å²) in [6.07, 6.45) is 4.80. The van der Waals surface area contributed by atoms with Gasteiger partial charge in [-0.1, -0.05) is 15.9 Å². The number of hydrogen-bond acceptors (Lipinski definition) is 4. The van der Waals surface area contributed by atoms with Gasteiger partial charge in [-0.15, -0.1) is 0 Å². The highest BCUT2D eigenvalue weighted by molar-refractivity contribution is 9.10. The van der Waals surface area contributed by atoms with Crippen LogP contribution in [0.3, 0.4) is 0 Å². The van der Waals surface area contributed by atoms with Gasteiger partial charge in [-0.05, 0) is 38.0 Å². The van der Waals surface area contributed by atoms with Crippen LogP contribution in [-0.2, 0) is 11.3 Å². The first kappa shape index (κ1) is 16.7. The highest BCUT2D eigenvalue weighted by atomic mass is 79.9. The van der Waals surface area contributed by atoms with Gasteiger partial charge in [0.25, 0.3) is 0 Å². The lowest BCUT2D eigenvalue weighted by atomic mass is 9.98. The SMILES string of the molecule is Cc1ncn2c1Cn1nc(C3CCCN(C=O)C3)nc1-c1cc(Br)ccc1-2. The Morgan fingerprint density at radius 1 is 1.33 bits per heavy atom. The molecule has 2 aromatic heterocycles. The highest BCUT2D eigenvalue weighted by Crippen LogP contribution is 2.35. The molecule has 2 aliphatic heterocycles. The summed E-state index contributed by atoms with van der Waals surface area (Å²) in [5.74, 6) is 1.88. The van der Waals surface area contributed by atoms with Crippen LogP contribution in [0.1, 0.15) is 36.0 Å². The van der Waals surface area contributed by atoms with E-state index in [0.717, 1.165) is 64.6 Å². The van der Waals surface area contributed by atoms with Gasteiger partial charge < -0.3 is 9.47 Å². The van der Waals surface area contributed by atoms with E-state index >= 15 is 0 Å². The maximum absolute atomic E-state index is 11.2. The molecule has 1 atom stereocenters. The van der Waals surface area contributed by atoms with Crippen LogP contribution in [0, 0.1) is 6.92 Å². The van der Waals surface area contributed by atoms with Crippen molar-refractivity contribution >= 4 is 22.3 Å². The molecule has 1 saturated heterocycles. The minimum atomic E-state index is 0.185. The van der Waals surface area contributed by atoms with E-state index < -0.39 is 0 Å². The average molecular weight is 427 g/mol. The molecule has 0 spiro atoms. The quantitative estimate of drug-likeness (QED) is 0.462. The van der Waals surface area contributed by atoms with Crippen molar-refractivity contribution in [3.05, 3.63) is 46.2 Å². The Bertz CT molecular complexity index is 1040. The van der Waals surface area contributed by atoms with Gasteiger partial charge in [0, 0.05) is 29.0 Å². The number of aromatic nitrogens is 5. The number of rotatable bonds is 2. The van der Waals surface area contributed by atoms with Gasteiger partial charge in [-0.25, -0.2) is 14.6 Å². The fourth-order valence-electron chi connectivity index (χ4n) is 4.06. The second kappa shape index (κ2) is 6.30. The first-order valence-electron chi connectivity index (χ1n) is 9.11. The van der Waals surface area contributed by atoms with Crippen LogP contribution in [0.4, 0.5) is 0 Å². The lowest BCUT2D eigenvalue weighted by Crippen LogP contribution is -2.33. The number of fused-ring (bicyclic) bond motifs is 5. The molecule has 7 nitrogen and oxygen atoms in total. The highest BCUT2D eigenvalue weighted by Gasteiger charge is 2.28. The average Bonchev–Trinajstić information content (AvgIpc) is 3.24. The predicted molar refractivity (Wildman–Crippen MR) is 104 cm³/mol. The molecule has 5 rings (SSSR count). The zero-order valence-corrected chi connectivity index (χ0v) is 16.6. The van der Waals surface area contributed by atoms with E-state index in [9.17, 15) is 4.79 Å². The van der Waals surface area contributed by atoms with Crippen molar-refractivity contribution < 1.29 is 4.79 Å². The number of aryl methyl sites for hydroxylation is 1. The molecule has 8 heteroatoms. The van der Waals surface area contributed by atoms with Crippen LogP contribution >= 0.6 is 15.9 Å². The zero-order chi connectivity index (χ0) is 18.5. The van der Waals surface area contributed by atoms with Crippen molar-refractivity contribution in [3.63, 3.8) is 0 Å². The summed E-state index contributed by atoms with van der Waals surface area (Å²) in [7, 11) is 0. The number of nitrogens with zero attached hydrogens (tertiary/aromatic N) is 6. The monoisotopic (exact) mass is 426 g/mol. The van der Waals surface area contributed by atoms with Gasteiger partial charge >= 0.3 is 0 Å². The normalized spacial score (nSPS) is 18.4. The number of benzene rings is 1. The van der Waals surface area contributed by atoms with E-state index in [1.807, 2.05) is 28.9 Å². The molecule has 4 heterocycles. The molecule has 1 fully saturated rings. The standard InChI is InChI=1S/C19H19BrN6O/c1-12-17-9-26-19(15-7-14(20)4-5-16(15)25(17)10-21-12)22-18(23-26)13-3-2-6-24(8-13)11-27/h4-5,7,10-11,13H,2-3,6,8-9H2,1H3. The van der Waals surface area contributed by atoms with Gasteiger partial charge in [0.15, 0.2) is 11.6 Å². The number of amides is 1. The fourth-order valence-corrected chi connectivity index (χ4v) is 4.42. The molecule has 3 aromatic rings. The Kier molecular flexibility index (Phi) is 3.89. The van der Waals surface area contributed by atoms with E-state index in [1.165, 1.54) is 0 Å². The third kappa shape index (κ3) is 2.70. The second-order valence-corrected chi connectivity index (χ2v) is 8.11. The number of carbonyl (C=O) groups is 1. The van der Waals surface area contributed by atoms with Crippen molar-refractivity contribution in [2.75, 3.05) is 13.1 Å². The molecule has 0 bridgehead atoms. The Morgan fingerprint density at radius 2 is 2.22 bits per heavy atom. The molecule has 1 unspecified atom stereocenters. The van der Waals surface area contributed by atoms with Gasteiger partial charge in [-0.3, -0.25) is 4.79 Å². The maximum Gasteiger partial charge on any atom is 0.209 e. The van der Waals surface area contributed by atoms with Crippen molar-refractivity contribution in [1.29, 1.82) is 0 Å². The van der Waals surface area contributed by atoms with Crippen LogP contribution in [-0.4, -0.2) is 48.7 Å². The first-order valence-corrected chi connectivity index (χ1v) is 9.90. The van der Waals surface area contributed by atoms with Crippen LogP contribution in [0.15, 0.2) is 29.0 Å². The van der Waals surface area contributed by atoms with Gasteiger partial charge in [0.1, 0.15) is 0 Å². The number of imidazole rings is 1. The summed E-state index contributed by atoms with van der Waals surface area (Å²) in [6.45, 7) is 4.16. The Hall–Kier alpha value is -2.48. The van der Waals surface area contributed by atoms with E-state index in [0.29, 0.717) is 13.1 Å². The largest absolute Gasteiger partial charge is 0.345 e. The summed E-state index contributed by atoms with van der Waals surface area (Å²) < 4.78 is 5.11. The lowest BCUT2D eigenvalue weighted by molar-refractivity contribution is -0.119. The van der Waals surface area contributed by atoms with E-state index in [1.54, 1.807) is 0 Å². The number of hydrogen-bond donors (Lipinski definition) is 0. The van der Waals surface area contributed by atoms with Crippen LogP contribution in [0.2, 0.25) is 0 Å². The van der Waals surface area contributed by atoms with Crippen molar-refractivity contribution in [1.82, 2.24) is 29.2 Å². The Labute approximate surface area is 165 Å². The van der Waals surface area contributed by atoms with Crippen molar-refractivity contribution in [3.8, 4) is 17.1 Å². The van der Waals surface area contributed by atoms with Crippen LogP contribution in [0.5, 0.6) is 0 Å². The summed E-state index contributed by atoms with van der Waals surface area (Å²) in [5.41, 5.74) is 4.21. The minimum absolute atomic E-state index is 0.185. The van der Waals surface area contributed by atoms with Crippen LogP contribution in [0.25, 0.3) is 17.1 Å². The number of halogens is 1. The molecule has 0 saturated carbocycles. The van der Waals surface area contributed by atoms with Gasteiger partial charge in [-0.2, -0.15) is 5.10 Å². The smallest absolute Gasteiger partial charge is 0.209 e. The van der Waals surface area contributed by atoms with Crippen LogP contribution < -0.4 is 0 Å². The molecule has 0 aliphatic carbocycles. The topological polar surface area (TPSA) is 68.8 Å². The summed E-state index contributed by atoms with van der Waals surface area (Å²) in [4.78, 5) is 22.4. The van der Waals surface area contributed by atoms with E-state index in [4.69, 9.17) is 10.1 Å². The summed E-state index contributed by atoms with van der Waals surface area (Å²) >= 11 is 3.59. The second-order valence-electron chi connectivity index (χ2n) is 7.20. The molecule has 0 radical (unpaired) electrons. The van der Waals surface area contributed by atoms with Crippen molar-refractivity contribution in [2.45, 2.75) is 32.2 Å². The third-order valence-corrected chi connectivity index (χ3v) is 5.98. The summed E-state index contributed by atoms with van der Waals surface area (Å²) in [6, 6.07) is 6.21. The zero-order valence-electron chi connectivity index (χ0n) is 15.0. The molecule has 1 aromatic carbocycles. The molecular weight excluding hydrogens is 408 g/mol. The molecule has 0 N–H and O–H groups in total. The minimum Gasteiger partial charge on any atom is -0.345 e. The number of piperidine rings is 1.